The maximum absolute atomic E-state index is 12.7. The molecule has 1 unspecified atom stereocenters. The highest BCUT2D eigenvalue weighted by Crippen LogP contribution is 2.26. The van der Waals surface area contributed by atoms with E-state index in [0.717, 1.165) is 19.3 Å². The lowest BCUT2D eigenvalue weighted by atomic mass is 10.00. The van der Waals surface area contributed by atoms with E-state index < -0.39 is 4.92 Å². The zero-order chi connectivity index (χ0) is 15.5. The van der Waals surface area contributed by atoms with Gasteiger partial charge in [-0.1, -0.05) is 6.07 Å². The van der Waals surface area contributed by atoms with Gasteiger partial charge >= 0.3 is 0 Å². The van der Waals surface area contributed by atoms with Gasteiger partial charge in [-0.25, -0.2) is 0 Å². The predicted molar refractivity (Wildman–Crippen MR) is 77.5 cm³/mol. The van der Waals surface area contributed by atoms with Crippen LogP contribution in [0.5, 0.6) is 0 Å². The third-order valence-electron chi connectivity index (χ3n) is 4.08. The van der Waals surface area contributed by atoms with Gasteiger partial charge in [0.25, 0.3) is 11.6 Å². The summed E-state index contributed by atoms with van der Waals surface area (Å²) in [4.78, 5) is 24.8. The van der Waals surface area contributed by atoms with Crippen LogP contribution in [0.25, 0.3) is 0 Å². The zero-order valence-electron chi connectivity index (χ0n) is 12.1. The number of piperidine rings is 1. The molecule has 0 spiro atoms. The molecule has 1 atom stereocenters. The number of carbonyl (C=O) groups is 1. The Hall–Kier alpha value is -1.99. The van der Waals surface area contributed by atoms with E-state index in [4.69, 9.17) is 9.47 Å². The molecule has 118 valence electrons. The van der Waals surface area contributed by atoms with Crippen LogP contribution in [0.2, 0.25) is 0 Å². The minimum absolute atomic E-state index is 0.0761. The number of nitrogens with zero attached hydrogens (tertiary/aromatic N) is 2. The Morgan fingerprint density at radius 3 is 2.77 bits per heavy atom. The first kappa shape index (κ1) is 14.9. The van der Waals surface area contributed by atoms with Crippen molar-refractivity contribution >= 4 is 11.6 Å². The van der Waals surface area contributed by atoms with Crippen molar-refractivity contribution in [2.75, 3.05) is 19.8 Å². The number of hydrogen-bond acceptors (Lipinski definition) is 5. The van der Waals surface area contributed by atoms with Crippen LogP contribution in [-0.2, 0) is 9.47 Å². The minimum Gasteiger partial charge on any atom is -0.348 e. The van der Waals surface area contributed by atoms with E-state index in [2.05, 4.69) is 0 Å². The molecule has 0 radical (unpaired) electrons. The summed E-state index contributed by atoms with van der Waals surface area (Å²) in [7, 11) is 0. The summed E-state index contributed by atoms with van der Waals surface area (Å²) in [5.41, 5.74) is 0.256. The Morgan fingerprint density at radius 2 is 2.05 bits per heavy atom. The molecular weight excluding hydrogens is 288 g/mol. The summed E-state index contributed by atoms with van der Waals surface area (Å²) < 4.78 is 11.1. The molecule has 2 aliphatic rings. The largest absolute Gasteiger partial charge is 0.348 e. The van der Waals surface area contributed by atoms with Crippen molar-refractivity contribution in [2.24, 2.45) is 0 Å². The fraction of sp³-hybridized carbons (Fsp3) is 0.533. The molecular formula is C15H18N2O5. The van der Waals surface area contributed by atoms with Crippen LogP contribution >= 0.6 is 0 Å². The molecule has 0 bridgehead atoms. The van der Waals surface area contributed by atoms with E-state index in [9.17, 15) is 14.9 Å². The van der Waals surface area contributed by atoms with Crippen molar-refractivity contribution in [3.63, 3.8) is 0 Å². The van der Waals surface area contributed by atoms with Gasteiger partial charge in [0.2, 0.25) is 0 Å². The number of benzene rings is 1. The van der Waals surface area contributed by atoms with E-state index in [0.29, 0.717) is 25.3 Å². The Bertz CT molecular complexity index is 571. The number of rotatable bonds is 3. The molecule has 7 nitrogen and oxygen atoms in total. The van der Waals surface area contributed by atoms with Crippen LogP contribution in [-0.4, -0.2) is 47.8 Å². The Kier molecular flexibility index (Phi) is 4.35. The lowest BCUT2D eigenvalue weighted by molar-refractivity contribution is -0.384. The molecule has 2 aliphatic heterocycles. The van der Waals surface area contributed by atoms with E-state index in [1.54, 1.807) is 11.0 Å². The summed E-state index contributed by atoms with van der Waals surface area (Å²) in [6, 6.07) is 5.73. The first-order chi connectivity index (χ1) is 10.7. The molecule has 3 rings (SSSR count). The molecule has 1 aromatic rings. The quantitative estimate of drug-likeness (QED) is 0.630. The van der Waals surface area contributed by atoms with Gasteiger partial charge in [0.15, 0.2) is 6.29 Å². The van der Waals surface area contributed by atoms with Crippen molar-refractivity contribution in [1.82, 2.24) is 4.90 Å². The van der Waals surface area contributed by atoms with Gasteiger partial charge < -0.3 is 14.4 Å². The highest BCUT2D eigenvalue weighted by Gasteiger charge is 2.36. The summed E-state index contributed by atoms with van der Waals surface area (Å²) >= 11 is 0. The number of nitro benzene ring substituents is 1. The smallest absolute Gasteiger partial charge is 0.270 e. The highest BCUT2D eigenvalue weighted by molar-refractivity contribution is 5.95. The second kappa shape index (κ2) is 6.41. The number of ether oxygens (including phenoxy) is 2. The molecule has 0 aromatic heterocycles. The standard InChI is InChI=1S/C15H18N2O5/c18-14(11-4-3-5-12(10-11)17(19)20)16-7-2-1-6-13(16)15-21-8-9-22-15/h3-5,10,13,15H,1-2,6-9H2. The van der Waals surface area contributed by atoms with Gasteiger partial charge in [-0.2, -0.15) is 0 Å². The van der Waals surface area contributed by atoms with Crippen molar-refractivity contribution in [3.05, 3.63) is 39.9 Å². The number of likely N-dealkylation sites (tertiary alicyclic amines) is 1. The molecule has 2 fully saturated rings. The summed E-state index contributed by atoms with van der Waals surface area (Å²) in [6.07, 6.45) is 2.38. The Labute approximate surface area is 128 Å². The van der Waals surface area contributed by atoms with E-state index in [-0.39, 0.29) is 23.9 Å². The highest BCUT2D eigenvalue weighted by atomic mass is 16.7. The van der Waals surface area contributed by atoms with Gasteiger partial charge in [0.1, 0.15) is 0 Å². The molecule has 2 heterocycles. The maximum atomic E-state index is 12.7. The number of hydrogen-bond donors (Lipinski definition) is 0. The van der Waals surface area contributed by atoms with E-state index >= 15 is 0 Å². The third-order valence-corrected chi connectivity index (χ3v) is 4.08. The molecule has 0 saturated carbocycles. The molecule has 1 amide bonds. The first-order valence-corrected chi connectivity index (χ1v) is 7.45. The van der Waals surface area contributed by atoms with Gasteiger partial charge in [-0.3, -0.25) is 14.9 Å². The Balaban J connectivity index is 1.82. The third kappa shape index (κ3) is 2.95. The van der Waals surface area contributed by atoms with E-state index in [1.807, 2.05) is 0 Å². The van der Waals surface area contributed by atoms with Crippen LogP contribution in [0, 0.1) is 10.1 Å². The van der Waals surface area contributed by atoms with Crippen molar-refractivity contribution in [3.8, 4) is 0 Å². The van der Waals surface area contributed by atoms with Crippen LogP contribution < -0.4 is 0 Å². The van der Waals surface area contributed by atoms with Crippen molar-refractivity contribution < 1.29 is 19.2 Å². The maximum Gasteiger partial charge on any atom is 0.270 e. The average Bonchev–Trinajstić information content (AvgIpc) is 3.08. The number of amides is 1. The van der Waals surface area contributed by atoms with Gasteiger partial charge in [0.05, 0.1) is 24.2 Å². The number of non-ortho nitro benzene ring substituents is 1. The molecule has 2 saturated heterocycles. The van der Waals surface area contributed by atoms with Gasteiger partial charge in [-0.15, -0.1) is 0 Å². The molecule has 7 heteroatoms. The normalized spacial score (nSPS) is 22.7. The topological polar surface area (TPSA) is 81.9 Å². The van der Waals surface area contributed by atoms with Gasteiger partial charge in [-0.05, 0) is 25.3 Å². The molecule has 0 N–H and O–H groups in total. The Morgan fingerprint density at radius 1 is 1.27 bits per heavy atom. The van der Waals surface area contributed by atoms with Crippen LogP contribution in [0.4, 0.5) is 5.69 Å². The summed E-state index contributed by atoms with van der Waals surface area (Å²) in [5, 5.41) is 10.9. The lowest BCUT2D eigenvalue weighted by Crippen LogP contribution is -2.50. The second-order valence-corrected chi connectivity index (χ2v) is 5.48. The van der Waals surface area contributed by atoms with Crippen LogP contribution in [0.3, 0.4) is 0 Å². The second-order valence-electron chi connectivity index (χ2n) is 5.48. The average molecular weight is 306 g/mol. The predicted octanol–water partition coefficient (Wildman–Crippen LogP) is 1.96. The van der Waals surface area contributed by atoms with Crippen molar-refractivity contribution in [2.45, 2.75) is 31.6 Å². The minimum atomic E-state index is -0.492. The van der Waals surface area contributed by atoms with Crippen LogP contribution in [0.1, 0.15) is 29.6 Å². The lowest BCUT2D eigenvalue weighted by Gasteiger charge is -2.38. The number of nitro groups is 1. The number of carbonyl (C=O) groups excluding carboxylic acids is 1. The van der Waals surface area contributed by atoms with Crippen molar-refractivity contribution in [1.29, 1.82) is 0 Å². The van der Waals surface area contributed by atoms with Gasteiger partial charge in [0, 0.05) is 24.2 Å². The van der Waals surface area contributed by atoms with E-state index in [1.165, 1.54) is 18.2 Å². The first-order valence-electron chi connectivity index (χ1n) is 7.45. The fourth-order valence-electron chi connectivity index (χ4n) is 3.01. The summed E-state index contributed by atoms with van der Waals surface area (Å²) in [5.74, 6) is -0.201. The monoisotopic (exact) mass is 306 g/mol. The molecule has 0 aliphatic carbocycles. The van der Waals surface area contributed by atoms with Crippen LogP contribution in [0.15, 0.2) is 24.3 Å². The SMILES string of the molecule is O=C(c1cccc([N+](=O)[O-])c1)N1CCCCC1C1OCCO1. The fourth-order valence-corrected chi connectivity index (χ4v) is 3.01. The zero-order valence-corrected chi connectivity index (χ0v) is 12.1. The molecule has 22 heavy (non-hydrogen) atoms. The summed E-state index contributed by atoms with van der Waals surface area (Å²) in [6.45, 7) is 1.70. The molecule has 1 aromatic carbocycles.